The molecule has 0 spiro atoms. The van der Waals surface area contributed by atoms with E-state index in [-0.39, 0.29) is 32.0 Å². The highest BCUT2D eigenvalue weighted by Crippen LogP contribution is 2.33. The fraction of sp³-hybridized carbons (Fsp3) is 0.957. The molecule has 2 aliphatic carbocycles. The van der Waals surface area contributed by atoms with Crippen LogP contribution in [0, 0.1) is 5.92 Å². The molecule has 14 unspecified atom stereocenters. The van der Waals surface area contributed by atoms with Gasteiger partial charge in [0.1, 0.15) is 24.4 Å². The molecule has 1 aliphatic heterocycles. The number of hydrogen-bond acceptors (Lipinski definition) is 15. The molecule has 228 valence electrons. The van der Waals surface area contributed by atoms with E-state index in [9.17, 15) is 35.4 Å². The van der Waals surface area contributed by atoms with Crippen LogP contribution in [0.15, 0.2) is 0 Å². The molecule has 3 rings (SSSR count). The van der Waals surface area contributed by atoms with Gasteiger partial charge in [-0.05, 0) is 32.2 Å². The van der Waals surface area contributed by atoms with Crippen LogP contribution in [-0.2, 0) is 19.0 Å². The van der Waals surface area contributed by atoms with Crippen molar-refractivity contribution in [3.8, 4) is 0 Å². The maximum absolute atomic E-state index is 12.6. The van der Waals surface area contributed by atoms with E-state index in [0.29, 0.717) is 12.8 Å². The van der Waals surface area contributed by atoms with Gasteiger partial charge in [0.15, 0.2) is 6.29 Å². The van der Waals surface area contributed by atoms with Gasteiger partial charge in [-0.2, -0.15) is 0 Å². The quantitative estimate of drug-likeness (QED) is 0.117. The third-order valence-corrected chi connectivity index (χ3v) is 8.03. The lowest BCUT2D eigenvalue weighted by molar-refractivity contribution is -0.273. The van der Waals surface area contributed by atoms with Crippen LogP contribution in [-0.4, -0.2) is 142 Å². The van der Waals surface area contributed by atoms with Crippen molar-refractivity contribution in [3.05, 3.63) is 0 Å². The van der Waals surface area contributed by atoms with Crippen LogP contribution in [0.3, 0.4) is 0 Å². The minimum absolute atomic E-state index is 0.0161. The fourth-order valence-electron chi connectivity index (χ4n) is 5.50. The molecule has 0 aromatic rings. The minimum Gasteiger partial charge on any atom is -0.396 e. The monoisotopic (exact) mass is 566 g/mol. The minimum atomic E-state index is -1.60. The van der Waals surface area contributed by atoms with Crippen LogP contribution in [0.2, 0.25) is 0 Å². The normalized spacial score (nSPS) is 46.0. The first-order valence-electron chi connectivity index (χ1n) is 13.4. The maximum Gasteiger partial charge on any atom is 0.249 e. The number of carbonyl (C=O) groups excluding carboxylic acids is 1. The molecule has 0 aromatic carbocycles. The average molecular weight is 567 g/mol. The highest BCUT2D eigenvalue weighted by molar-refractivity contribution is 5.81. The third kappa shape index (κ3) is 7.22. The van der Waals surface area contributed by atoms with E-state index in [0.717, 1.165) is 0 Å². The molecular weight excluding hydrogens is 520 g/mol. The van der Waals surface area contributed by atoms with Gasteiger partial charge in [0, 0.05) is 19.1 Å². The van der Waals surface area contributed by atoms with Crippen LogP contribution in [0.25, 0.3) is 0 Å². The van der Waals surface area contributed by atoms with Gasteiger partial charge in [0.05, 0.1) is 54.7 Å². The summed E-state index contributed by atoms with van der Waals surface area (Å²) in [5.41, 5.74) is 29.5. The molecule has 39 heavy (non-hydrogen) atoms. The Balaban J connectivity index is 1.88. The van der Waals surface area contributed by atoms with Crippen molar-refractivity contribution in [3.63, 3.8) is 0 Å². The smallest absolute Gasteiger partial charge is 0.249 e. The van der Waals surface area contributed by atoms with Crippen molar-refractivity contribution < 1.29 is 49.6 Å². The Hall–Kier alpha value is -1.09. The molecule has 2 saturated carbocycles. The number of aliphatic hydroxyl groups is 6. The van der Waals surface area contributed by atoms with E-state index in [2.05, 4.69) is 5.32 Å². The molecule has 16 heteroatoms. The largest absolute Gasteiger partial charge is 0.396 e. The summed E-state index contributed by atoms with van der Waals surface area (Å²) >= 11 is 0. The number of hydrogen-bond donors (Lipinski definition) is 12. The third-order valence-electron chi connectivity index (χ3n) is 8.03. The van der Waals surface area contributed by atoms with E-state index in [1.807, 2.05) is 0 Å². The molecule has 0 radical (unpaired) electrons. The zero-order valence-electron chi connectivity index (χ0n) is 21.8. The number of carbonyl (C=O) groups is 1. The van der Waals surface area contributed by atoms with Gasteiger partial charge in [0.25, 0.3) is 0 Å². The standard InChI is InChI=1S/C23H46N6O10/c24-4-3-11(31)22(36)29-15-18(34)14(28)20(39-23-10(26)2-1-9(6-25)37-23)19(35)21(15)38-12-5-8(7-30)16(32)13(27)17(12)33/h8-21,23,30-35H,1-7,24-28H2,(H,29,36)/t8?,9?,10?,11-,12?,13?,14?,15?,16?,17?,18?,19?,20?,21?,23?/m0/s1. The summed E-state index contributed by atoms with van der Waals surface area (Å²) in [6.45, 7) is -0.210. The van der Waals surface area contributed by atoms with E-state index in [1.54, 1.807) is 0 Å². The van der Waals surface area contributed by atoms with Crippen LogP contribution < -0.4 is 34.0 Å². The molecule has 1 heterocycles. The number of nitrogens with one attached hydrogen (secondary N) is 1. The highest BCUT2D eigenvalue weighted by Gasteiger charge is 2.54. The number of rotatable bonds is 10. The molecule has 17 N–H and O–H groups in total. The van der Waals surface area contributed by atoms with Crippen molar-refractivity contribution in [2.75, 3.05) is 19.7 Å². The number of aliphatic hydroxyl groups excluding tert-OH is 6. The van der Waals surface area contributed by atoms with E-state index in [4.69, 9.17) is 42.9 Å². The summed E-state index contributed by atoms with van der Waals surface area (Å²) in [6.07, 6.45) is -11.5. The Morgan fingerprint density at radius 1 is 0.949 bits per heavy atom. The summed E-state index contributed by atoms with van der Waals surface area (Å²) in [6, 6.07) is -4.38. The van der Waals surface area contributed by atoms with Gasteiger partial charge in [-0.25, -0.2) is 0 Å². The molecule has 3 fully saturated rings. The zero-order chi connectivity index (χ0) is 29.0. The second-order valence-corrected chi connectivity index (χ2v) is 10.8. The van der Waals surface area contributed by atoms with Crippen molar-refractivity contribution in [2.24, 2.45) is 34.6 Å². The van der Waals surface area contributed by atoms with Crippen LogP contribution in [0.4, 0.5) is 0 Å². The second kappa shape index (κ2) is 14.2. The van der Waals surface area contributed by atoms with Gasteiger partial charge in [-0.3, -0.25) is 4.79 Å². The van der Waals surface area contributed by atoms with Crippen molar-refractivity contribution in [1.82, 2.24) is 5.32 Å². The Labute approximate surface area is 226 Å². The first-order chi connectivity index (χ1) is 18.4. The lowest BCUT2D eigenvalue weighted by atomic mass is 9.78. The van der Waals surface area contributed by atoms with Gasteiger partial charge in [-0.1, -0.05) is 0 Å². The Morgan fingerprint density at radius 2 is 1.64 bits per heavy atom. The summed E-state index contributed by atoms with van der Waals surface area (Å²) < 4.78 is 17.8. The first kappa shape index (κ1) is 32.4. The fourth-order valence-corrected chi connectivity index (χ4v) is 5.50. The topological polar surface area (TPSA) is 308 Å². The Kier molecular flexibility index (Phi) is 11.8. The molecular formula is C23H46N6O10. The predicted octanol–water partition coefficient (Wildman–Crippen LogP) is -6.77. The molecule has 1 saturated heterocycles. The van der Waals surface area contributed by atoms with E-state index >= 15 is 0 Å². The van der Waals surface area contributed by atoms with E-state index < -0.39 is 97.7 Å². The molecule has 15 atom stereocenters. The number of amides is 1. The molecule has 0 bridgehead atoms. The van der Waals surface area contributed by atoms with Crippen LogP contribution >= 0.6 is 0 Å². The molecule has 3 aliphatic rings. The first-order valence-corrected chi connectivity index (χ1v) is 13.4. The summed E-state index contributed by atoms with van der Waals surface area (Å²) in [7, 11) is 0. The van der Waals surface area contributed by atoms with Crippen LogP contribution in [0.1, 0.15) is 25.7 Å². The summed E-state index contributed by atoms with van der Waals surface area (Å²) in [5.74, 6) is -1.63. The summed E-state index contributed by atoms with van der Waals surface area (Å²) in [4.78, 5) is 12.6. The Morgan fingerprint density at radius 3 is 2.26 bits per heavy atom. The zero-order valence-corrected chi connectivity index (χ0v) is 21.8. The van der Waals surface area contributed by atoms with Crippen molar-refractivity contribution >= 4 is 5.91 Å². The Bertz CT molecular complexity index is 786. The predicted molar refractivity (Wildman–Crippen MR) is 135 cm³/mol. The maximum atomic E-state index is 12.6. The molecule has 1 amide bonds. The lowest BCUT2D eigenvalue weighted by Gasteiger charge is -2.50. The van der Waals surface area contributed by atoms with Crippen LogP contribution in [0.5, 0.6) is 0 Å². The van der Waals surface area contributed by atoms with Gasteiger partial charge < -0.3 is 78.8 Å². The van der Waals surface area contributed by atoms with E-state index in [1.165, 1.54) is 0 Å². The number of nitrogens with two attached hydrogens (primary N) is 5. The number of ether oxygens (including phenoxy) is 3. The second-order valence-electron chi connectivity index (χ2n) is 10.8. The summed E-state index contributed by atoms with van der Waals surface area (Å²) in [5, 5.41) is 65.8. The van der Waals surface area contributed by atoms with Gasteiger partial charge in [0.2, 0.25) is 5.91 Å². The lowest BCUT2D eigenvalue weighted by Crippen LogP contribution is -2.73. The van der Waals surface area contributed by atoms with Gasteiger partial charge >= 0.3 is 0 Å². The molecule has 16 nitrogen and oxygen atoms in total. The van der Waals surface area contributed by atoms with Crippen molar-refractivity contribution in [1.29, 1.82) is 0 Å². The van der Waals surface area contributed by atoms with Crippen molar-refractivity contribution in [2.45, 2.75) is 111 Å². The average Bonchev–Trinajstić information content (AvgIpc) is 2.92. The SMILES string of the molecule is NCC[C@H](O)C(=O)NC1C(O)C(N)C(OC2OC(CN)CCC2N)C(O)C1OC1CC(CO)C(O)C(N)C1O. The van der Waals surface area contributed by atoms with Gasteiger partial charge in [-0.15, -0.1) is 0 Å². The highest BCUT2D eigenvalue weighted by atomic mass is 16.7. The molecule has 0 aromatic heterocycles.